The zero-order valence-electron chi connectivity index (χ0n) is 11.4. The van der Waals surface area contributed by atoms with E-state index in [-0.39, 0.29) is 25.5 Å². The Morgan fingerprint density at radius 2 is 1.89 bits per heavy atom. The maximum atomic E-state index is 12.2. The number of nitrogens with zero attached hydrogens (tertiary/aromatic N) is 1. The molecular weight excluding hydrogens is 246 g/mol. The number of methoxy groups -OCH3 is 1. The highest BCUT2D eigenvalue weighted by molar-refractivity contribution is 6.00. The van der Waals surface area contributed by atoms with Crippen molar-refractivity contribution in [2.24, 2.45) is 0 Å². The Hall–Kier alpha value is -1.43. The fraction of sp³-hybridized carbons (Fsp3) is 0.500. The number of benzene rings is 1. The number of hydrogen-bond acceptors (Lipinski definition) is 5. The lowest BCUT2D eigenvalue weighted by atomic mass is 10.1. The van der Waals surface area contributed by atoms with E-state index in [0.29, 0.717) is 24.4 Å². The van der Waals surface area contributed by atoms with Crippen molar-refractivity contribution in [1.29, 1.82) is 0 Å². The van der Waals surface area contributed by atoms with Crippen molar-refractivity contribution in [3.63, 3.8) is 0 Å². The molecule has 19 heavy (non-hydrogen) atoms. The maximum Gasteiger partial charge on any atom is 0.180 e. The van der Waals surface area contributed by atoms with Gasteiger partial charge in [0.1, 0.15) is 5.75 Å². The minimum atomic E-state index is -0.0845. The van der Waals surface area contributed by atoms with E-state index in [4.69, 9.17) is 14.9 Å². The first-order chi connectivity index (χ1) is 9.12. The molecule has 0 unspecified atom stereocenters. The van der Waals surface area contributed by atoms with Crippen molar-refractivity contribution in [3.05, 3.63) is 29.3 Å². The average molecular weight is 267 g/mol. The number of ether oxygens (including phenoxy) is 1. The van der Waals surface area contributed by atoms with E-state index >= 15 is 0 Å². The van der Waals surface area contributed by atoms with Gasteiger partial charge in [0.2, 0.25) is 0 Å². The molecule has 1 aromatic carbocycles. The summed E-state index contributed by atoms with van der Waals surface area (Å²) in [4.78, 5) is 13.9. The Kier molecular flexibility index (Phi) is 6.49. The number of rotatable bonds is 8. The van der Waals surface area contributed by atoms with E-state index in [0.717, 1.165) is 5.56 Å². The predicted octanol–water partition coefficient (Wildman–Crippen LogP) is 0.473. The molecule has 0 aromatic heterocycles. The highest BCUT2D eigenvalue weighted by Crippen LogP contribution is 2.20. The van der Waals surface area contributed by atoms with Crippen LogP contribution in [0.1, 0.15) is 15.9 Å². The van der Waals surface area contributed by atoms with Gasteiger partial charge >= 0.3 is 0 Å². The Balaban J connectivity index is 2.81. The molecule has 0 saturated heterocycles. The third kappa shape index (κ3) is 4.63. The van der Waals surface area contributed by atoms with Crippen LogP contribution >= 0.6 is 0 Å². The second kappa shape index (κ2) is 7.89. The number of aryl methyl sites for hydroxylation is 1. The molecule has 1 aromatic rings. The second-order valence-electron chi connectivity index (χ2n) is 4.35. The standard InChI is InChI=1S/C14H21NO4/c1-11-3-4-12(14(9-11)19-2)13(18)10-15(5-7-16)6-8-17/h3-4,9,16-17H,5-8,10H2,1-2H3. The first-order valence-corrected chi connectivity index (χ1v) is 6.24. The number of aliphatic hydroxyl groups is 2. The summed E-state index contributed by atoms with van der Waals surface area (Å²) in [5, 5.41) is 17.8. The third-order valence-electron chi connectivity index (χ3n) is 2.86. The van der Waals surface area contributed by atoms with Gasteiger partial charge in [0.05, 0.1) is 32.4 Å². The van der Waals surface area contributed by atoms with Crippen LogP contribution in [0.15, 0.2) is 18.2 Å². The van der Waals surface area contributed by atoms with Gasteiger partial charge < -0.3 is 14.9 Å². The molecule has 106 valence electrons. The largest absolute Gasteiger partial charge is 0.496 e. The van der Waals surface area contributed by atoms with Gasteiger partial charge in [0.25, 0.3) is 0 Å². The fourth-order valence-corrected chi connectivity index (χ4v) is 1.87. The number of carbonyl (C=O) groups excluding carboxylic acids is 1. The van der Waals surface area contributed by atoms with Gasteiger partial charge in [0, 0.05) is 13.1 Å². The molecule has 0 bridgehead atoms. The fourth-order valence-electron chi connectivity index (χ4n) is 1.87. The van der Waals surface area contributed by atoms with Gasteiger partial charge in [-0.25, -0.2) is 0 Å². The Morgan fingerprint density at radius 1 is 1.26 bits per heavy atom. The van der Waals surface area contributed by atoms with E-state index in [2.05, 4.69) is 0 Å². The summed E-state index contributed by atoms with van der Waals surface area (Å²) in [5.74, 6) is 0.469. The quantitative estimate of drug-likeness (QED) is 0.670. The van der Waals surface area contributed by atoms with E-state index in [1.807, 2.05) is 19.1 Å². The summed E-state index contributed by atoms with van der Waals surface area (Å²) in [6.07, 6.45) is 0. The van der Waals surface area contributed by atoms with E-state index in [1.54, 1.807) is 11.0 Å². The zero-order valence-corrected chi connectivity index (χ0v) is 11.4. The first-order valence-electron chi connectivity index (χ1n) is 6.24. The highest BCUT2D eigenvalue weighted by Gasteiger charge is 2.15. The molecule has 0 spiro atoms. The van der Waals surface area contributed by atoms with Crippen LogP contribution in [0.25, 0.3) is 0 Å². The summed E-state index contributed by atoms with van der Waals surface area (Å²) in [6, 6.07) is 5.42. The van der Waals surface area contributed by atoms with Gasteiger partial charge in [-0.2, -0.15) is 0 Å². The van der Waals surface area contributed by atoms with E-state index in [1.165, 1.54) is 7.11 Å². The lowest BCUT2D eigenvalue weighted by molar-refractivity contribution is 0.0891. The van der Waals surface area contributed by atoms with Crippen LogP contribution in [0.5, 0.6) is 5.75 Å². The smallest absolute Gasteiger partial charge is 0.180 e. The SMILES string of the molecule is COc1cc(C)ccc1C(=O)CN(CCO)CCO. The number of ketones is 1. The lowest BCUT2D eigenvalue weighted by Crippen LogP contribution is -2.34. The Morgan fingerprint density at radius 3 is 2.42 bits per heavy atom. The van der Waals surface area contributed by atoms with Crippen LogP contribution in [-0.4, -0.2) is 60.9 Å². The number of aliphatic hydroxyl groups excluding tert-OH is 2. The molecule has 0 fully saturated rings. The minimum Gasteiger partial charge on any atom is -0.496 e. The molecule has 0 heterocycles. The van der Waals surface area contributed by atoms with Gasteiger partial charge in [-0.3, -0.25) is 9.69 Å². The maximum absolute atomic E-state index is 12.2. The highest BCUT2D eigenvalue weighted by atomic mass is 16.5. The topological polar surface area (TPSA) is 70.0 Å². The normalized spacial score (nSPS) is 10.8. The second-order valence-corrected chi connectivity index (χ2v) is 4.35. The molecular formula is C14H21NO4. The minimum absolute atomic E-state index is 0.0433. The Bertz CT molecular complexity index is 414. The molecule has 0 saturated carbocycles. The molecule has 5 nitrogen and oxygen atoms in total. The predicted molar refractivity (Wildman–Crippen MR) is 72.7 cm³/mol. The van der Waals surface area contributed by atoms with Crippen molar-refractivity contribution in [2.45, 2.75) is 6.92 Å². The van der Waals surface area contributed by atoms with Crippen LogP contribution < -0.4 is 4.74 Å². The number of hydrogen-bond donors (Lipinski definition) is 2. The molecule has 1 rings (SSSR count). The number of carbonyl (C=O) groups is 1. The van der Waals surface area contributed by atoms with Crippen LogP contribution in [-0.2, 0) is 0 Å². The summed E-state index contributed by atoms with van der Waals surface area (Å²) < 4.78 is 5.21. The van der Waals surface area contributed by atoms with E-state index in [9.17, 15) is 4.79 Å². The zero-order chi connectivity index (χ0) is 14.3. The molecule has 0 amide bonds. The van der Waals surface area contributed by atoms with Crippen LogP contribution in [0.4, 0.5) is 0 Å². The molecule has 5 heteroatoms. The van der Waals surface area contributed by atoms with Crippen LogP contribution in [0.3, 0.4) is 0 Å². The molecule has 0 aliphatic heterocycles. The summed E-state index contributed by atoms with van der Waals surface area (Å²) in [5.41, 5.74) is 1.55. The van der Waals surface area contributed by atoms with Gasteiger partial charge in [0.15, 0.2) is 5.78 Å². The van der Waals surface area contributed by atoms with Gasteiger partial charge in [-0.05, 0) is 24.6 Å². The molecule has 0 aliphatic rings. The first kappa shape index (κ1) is 15.6. The van der Waals surface area contributed by atoms with Gasteiger partial charge in [-0.1, -0.05) is 6.07 Å². The molecule has 2 N–H and O–H groups in total. The van der Waals surface area contributed by atoms with Crippen molar-refractivity contribution < 1.29 is 19.7 Å². The summed E-state index contributed by atoms with van der Waals surface area (Å²) >= 11 is 0. The van der Waals surface area contributed by atoms with Crippen LogP contribution in [0.2, 0.25) is 0 Å². The average Bonchev–Trinajstić information content (AvgIpc) is 2.38. The van der Waals surface area contributed by atoms with Gasteiger partial charge in [-0.15, -0.1) is 0 Å². The van der Waals surface area contributed by atoms with Crippen molar-refractivity contribution in [3.8, 4) is 5.75 Å². The third-order valence-corrected chi connectivity index (χ3v) is 2.86. The molecule has 0 radical (unpaired) electrons. The summed E-state index contributed by atoms with van der Waals surface area (Å²) in [7, 11) is 1.53. The molecule has 0 atom stereocenters. The summed E-state index contributed by atoms with van der Waals surface area (Å²) in [6.45, 7) is 2.72. The van der Waals surface area contributed by atoms with E-state index < -0.39 is 0 Å². The van der Waals surface area contributed by atoms with Crippen molar-refractivity contribution in [2.75, 3.05) is 40.0 Å². The van der Waals surface area contributed by atoms with Crippen molar-refractivity contribution >= 4 is 5.78 Å². The molecule has 0 aliphatic carbocycles. The van der Waals surface area contributed by atoms with Crippen molar-refractivity contribution in [1.82, 2.24) is 4.90 Å². The Labute approximate surface area is 113 Å². The number of Topliss-reactive ketones (excluding diaryl/α,β-unsaturated/α-hetero) is 1. The lowest BCUT2D eigenvalue weighted by Gasteiger charge is -2.19. The monoisotopic (exact) mass is 267 g/mol. The van der Waals surface area contributed by atoms with Crippen LogP contribution in [0, 0.1) is 6.92 Å².